The lowest BCUT2D eigenvalue weighted by Crippen LogP contribution is -2.30. The zero-order valence-corrected chi connectivity index (χ0v) is 13.4. The molecule has 0 spiro atoms. The van der Waals surface area contributed by atoms with Gasteiger partial charge in [0.25, 0.3) is 0 Å². The summed E-state index contributed by atoms with van der Waals surface area (Å²) in [6, 6.07) is 10.7. The second kappa shape index (κ2) is 5.76. The van der Waals surface area contributed by atoms with E-state index in [2.05, 4.69) is 23.1 Å². The topological polar surface area (TPSA) is 23.6 Å². The van der Waals surface area contributed by atoms with E-state index < -0.39 is 0 Å². The van der Waals surface area contributed by atoms with Crippen LogP contribution in [-0.4, -0.2) is 25.5 Å². The SMILES string of the molecule is O=C(Cc1cccs1)N1CCc2ccc(N3CCCC3)cc21. The lowest BCUT2D eigenvalue weighted by Gasteiger charge is -2.22. The second-order valence-corrected chi connectivity index (χ2v) is 7.09. The number of thiophene rings is 1. The summed E-state index contributed by atoms with van der Waals surface area (Å²) in [5.74, 6) is 0.222. The zero-order chi connectivity index (χ0) is 14.9. The van der Waals surface area contributed by atoms with E-state index in [-0.39, 0.29) is 5.91 Å². The van der Waals surface area contributed by atoms with Gasteiger partial charge in [0, 0.05) is 35.9 Å². The Morgan fingerprint density at radius 3 is 2.77 bits per heavy atom. The summed E-state index contributed by atoms with van der Waals surface area (Å²) < 4.78 is 0. The summed E-state index contributed by atoms with van der Waals surface area (Å²) in [6.07, 6.45) is 4.05. The van der Waals surface area contributed by atoms with Gasteiger partial charge >= 0.3 is 0 Å². The molecule has 2 aromatic rings. The quantitative estimate of drug-likeness (QED) is 0.866. The van der Waals surface area contributed by atoms with Gasteiger partial charge in [-0.25, -0.2) is 0 Å². The predicted octanol–water partition coefficient (Wildman–Crippen LogP) is 3.48. The molecule has 4 rings (SSSR count). The fourth-order valence-electron chi connectivity index (χ4n) is 3.46. The van der Waals surface area contributed by atoms with Crippen LogP contribution in [0, 0.1) is 0 Å². The maximum absolute atomic E-state index is 12.6. The first-order chi connectivity index (χ1) is 10.8. The number of hydrogen-bond acceptors (Lipinski definition) is 3. The van der Waals surface area contributed by atoms with Crippen molar-refractivity contribution in [2.24, 2.45) is 0 Å². The summed E-state index contributed by atoms with van der Waals surface area (Å²) in [4.78, 5) is 18.2. The summed E-state index contributed by atoms with van der Waals surface area (Å²) in [5.41, 5.74) is 3.71. The predicted molar refractivity (Wildman–Crippen MR) is 92.0 cm³/mol. The molecule has 0 aliphatic carbocycles. The van der Waals surface area contributed by atoms with Gasteiger partial charge in [-0.05, 0) is 48.4 Å². The highest BCUT2D eigenvalue weighted by Crippen LogP contribution is 2.33. The number of benzene rings is 1. The molecule has 3 nitrogen and oxygen atoms in total. The summed E-state index contributed by atoms with van der Waals surface area (Å²) >= 11 is 1.66. The van der Waals surface area contributed by atoms with Gasteiger partial charge in [0.05, 0.1) is 6.42 Å². The van der Waals surface area contributed by atoms with Crippen LogP contribution in [0.2, 0.25) is 0 Å². The molecular formula is C18H20N2OS. The minimum absolute atomic E-state index is 0.222. The molecule has 0 bridgehead atoms. The van der Waals surface area contributed by atoms with Crippen LogP contribution in [-0.2, 0) is 17.6 Å². The number of hydrogen-bond donors (Lipinski definition) is 0. The largest absolute Gasteiger partial charge is 0.371 e. The maximum Gasteiger partial charge on any atom is 0.232 e. The van der Waals surface area contributed by atoms with Crippen molar-refractivity contribution in [3.63, 3.8) is 0 Å². The van der Waals surface area contributed by atoms with Crippen LogP contribution in [0.15, 0.2) is 35.7 Å². The lowest BCUT2D eigenvalue weighted by atomic mass is 10.1. The molecule has 3 heterocycles. The fourth-order valence-corrected chi connectivity index (χ4v) is 4.15. The first kappa shape index (κ1) is 13.8. The number of nitrogens with zero attached hydrogens (tertiary/aromatic N) is 2. The molecule has 0 unspecified atom stereocenters. The van der Waals surface area contributed by atoms with E-state index in [1.807, 2.05) is 22.4 Å². The van der Waals surface area contributed by atoms with Crippen LogP contribution in [0.4, 0.5) is 11.4 Å². The fraction of sp³-hybridized carbons (Fsp3) is 0.389. The van der Waals surface area contributed by atoms with E-state index in [0.717, 1.165) is 36.6 Å². The van der Waals surface area contributed by atoms with Crippen molar-refractivity contribution < 1.29 is 4.79 Å². The number of amides is 1. The molecular weight excluding hydrogens is 292 g/mol. The highest BCUT2D eigenvalue weighted by molar-refractivity contribution is 7.10. The molecule has 22 heavy (non-hydrogen) atoms. The van der Waals surface area contributed by atoms with Gasteiger partial charge in [0.1, 0.15) is 0 Å². The van der Waals surface area contributed by atoms with Crippen molar-refractivity contribution in [2.45, 2.75) is 25.7 Å². The molecule has 0 atom stereocenters. The van der Waals surface area contributed by atoms with Gasteiger partial charge < -0.3 is 9.80 Å². The normalized spacial score (nSPS) is 17.1. The van der Waals surface area contributed by atoms with E-state index in [0.29, 0.717) is 6.42 Å². The number of anilines is 2. The van der Waals surface area contributed by atoms with Gasteiger partial charge in [0.2, 0.25) is 5.91 Å². The van der Waals surface area contributed by atoms with Crippen molar-refractivity contribution in [3.8, 4) is 0 Å². The lowest BCUT2D eigenvalue weighted by molar-refractivity contribution is -0.117. The van der Waals surface area contributed by atoms with Gasteiger partial charge in [-0.15, -0.1) is 11.3 Å². The summed E-state index contributed by atoms with van der Waals surface area (Å²) in [5, 5.41) is 2.03. The number of carbonyl (C=O) groups excluding carboxylic acids is 1. The molecule has 0 saturated carbocycles. The highest BCUT2D eigenvalue weighted by atomic mass is 32.1. The van der Waals surface area contributed by atoms with Crippen LogP contribution in [0.5, 0.6) is 0 Å². The van der Waals surface area contributed by atoms with E-state index in [9.17, 15) is 4.79 Å². The van der Waals surface area contributed by atoms with E-state index in [1.54, 1.807) is 11.3 Å². The summed E-state index contributed by atoms with van der Waals surface area (Å²) in [7, 11) is 0. The Labute approximate surface area is 135 Å². The minimum atomic E-state index is 0.222. The van der Waals surface area contributed by atoms with Crippen molar-refractivity contribution in [1.82, 2.24) is 0 Å². The first-order valence-corrected chi connectivity index (χ1v) is 8.90. The Balaban J connectivity index is 1.57. The molecule has 0 radical (unpaired) electrons. The number of fused-ring (bicyclic) bond motifs is 1. The maximum atomic E-state index is 12.6. The van der Waals surface area contributed by atoms with Crippen LogP contribution < -0.4 is 9.80 Å². The van der Waals surface area contributed by atoms with Crippen molar-refractivity contribution >= 4 is 28.6 Å². The molecule has 1 aromatic carbocycles. The molecule has 1 saturated heterocycles. The van der Waals surface area contributed by atoms with Gasteiger partial charge in [-0.2, -0.15) is 0 Å². The molecule has 2 aliphatic heterocycles. The third kappa shape index (κ3) is 2.52. The first-order valence-electron chi connectivity index (χ1n) is 8.02. The van der Waals surface area contributed by atoms with E-state index in [4.69, 9.17) is 0 Å². The zero-order valence-electron chi connectivity index (χ0n) is 12.6. The molecule has 1 aromatic heterocycles. The second-order valence-electron chi connectivity index (χ2n) is 6.06. The molecule has 2 aliphatic rings. The molecule has 1 fully saturated rings. The standard InChI is InChI=1S/C18H20N2OS/c21-18(13-16-4-3-11-22-16)20-10-7-14-5-6-15(12-17(14)20)19-8-1-2-9-19/h3-6,11-12H,1-2,7-10,13H2. The third-order valence-corrected chi connectivity index (χ3v) is 5.52. The number of rotatable bonds is 3. The Hall–Kier alpha value is -1.81. The minimum Gasteiger partial charge on any atom is -0.371 e. The highest BCUT2D eigenvalue weighted by Gasteiger charge is 2.26. The Morgan fingerprint density at radius 1 is 1.14 bits per heavy atom. The summed E-state index contributed by atoms with van der Waals surface area (Å²) in [6.45, 7) is 3.10. The van der Waals surface area contributed by atoms with Gasteiger partial charge in [-0.3, -0.25) is 4.79 Å². The molecule has 1 amide bonds. The van der Waals surface area contributed by atoms with Crippen LogP contribution in [0.25, 0.3) is 0 Å². The van der Waals surface area contributed by atoms with Crippen LogP contribution in [0.1, 0.15) is 23.3 Å². The smallest absolute Gasteiger partial charge is 0.232 e. The Morgan fingerprint density at radius 2 is 2.00 bits per heavy atom. The van der Waals surface area contributed by atoms with Crippen molar-refractivity contribution in [1.29, 1.82) is 0 Å². The van der Waals surface area contributed by atoms with Crippen molar-refractivity contribution in [3.05, 3.63) is 46.2 Å². The van der Waals surface area contributed by atoms with E-state index in [1.165, 1.54) is 24.1 Å². The average molecular weight is 312 g/mol. The van der Waals surface area contributed by atoms with Gasteiger partial charge in [0.15, 0.2) is 0 Å². The molecule has 4 heteroatoms. The molecule has 0 N–H and O–H groups in total. The van der Waals surface area contributed by atoms with Crippen molar-refractivity contribution in [2.75, 3.05) is 29.4 Å². The van der Waals surface area contributed by atoms with Crippen LogP contribution >= 0.6 is 11.3 Å². The monoisotopic (exact) mass is 312 g/mol. The Bertz CT molecular complexity index is 674. The molecule has 114 valence electrons. The van der Waals surface area contributed by atoms with Gasteiger partial charge in [-0.1, -0.05) is 12.1 Å². The van der Waals surface area contributed by atoms with Crippen LogP contribution in [0.3, 0.4) is 0 Å². The average Bonchev–Trinajstić information content (AvgIpc) is 3.27. The Kier molecular flexibility index (Phi) is 3.62. The number of carbonyl (C=O) groups is 1. The van der Waals surface area contributed by atoms with E-state index >= 15 is 0 Å². The third-order valence-electron chi connectivity index (χ3n) is 4.64.